The predicted molar refractivity (Wildman–Crippen MR) is 78.8 cm³/mol. The minimum Gasteiger partial charge on any atom is -0.491 e. The molecule has 106 valence electrons. The highest BCUT2D eigenvalue weighted by Crippen LogP contribution is 2.36. The third-order valence-corrected chi connectivity index (χ3v) is 3.34. The SMILES string of the molecule is COCC(Nc1ccccc1OCC(C)C)C1CC1. The Balaban J connectivity index is 2.01. The van der Waals surface area contributed by atoms with Crippen molar-refractivity contribution >= 4 is 5.69 Å². The molecule has 0 radical (unpaired) electrons. The van der Waals surface area contributed by atoms with Crippen LogP contribution in [0.2, 0.25) is 0 Å². The van der Waals surface area contributed by atoms with E-state index >= 15 is 0 Å². The fourth-order valence-corrected chi connectivity index (χ4v) is 2.14. The zero-order valence-electron chi connectivity index (χ0n) is 12.2. The molecule has 3 nitrogen and oxygen atoms in total. The van der Waals surface area contributed by atoms with Crippen molar-refractivity contribution in [3.63, 3.8) is 0 Å². The minimum atomic E-state index is 0.397. The number of para-hydroxylation sites is 2. The fourth-order valence-electron chi connectivity index (χ4n) is 2.14. The molecule has 1 aliphatic carbocycles. The summed E-state index contributed by atoms with van der Waals surface area (Å²) in [5.74, 6) is 2.22. The van der Waals surface area contributed by atoms with Crippen LogP contribution in [0.15, 0.2) is 24.3 Å². The van der Waals surface area contributed by atoms with Gasteiger partial charge in [0.1, 0.15) is 5.75 Å². The molecular formula is C16H25NO2. The van der Waals surface area contributed by atoms with Crippen LogP contribution in [0.25, 0.3) is 0 Å². The standard InChI is InChI=1S/C16H25NO2/c1-12(2)10-19-16-7-5-4-6-14(16)17-15(11-18-3)13-8-9-13/h4-7,12-13,15,17H,8-11H2,1-3H3. The first kappa shape index (κ1) is 14.2. The van der Waals surface area contributed by atoms with Crippen LogP contribution in [-0.2, 0) is 4.74 Å². The van der Waals surface area contributed by atoms with Crippen molar-refractivity contribution in [3.05, 3.63) is 24.3 Å². The third-order valence-electron chi connectivity index (χ3n) is 3.34. The first-order valence-electron chi connectivity index (χ1n) is 7.18. The van der Waals surface area contributed by atoms with Crippen LogP contribution < -0.4 is 10.1 Å². The molecule has 0 aromatic heterocycles. The van der Waals surface area contributed by atoms with Crippen LogP contribution in [0.3, 0.4) is 0 Å². The molecule has 1 unspecified atom stereocenters. The fraction of sp³-hybridized carbons (Fsp3) is 0.625. The van der Waals surface area contributed by atoms with E-state index in [1.165, 1.54) is 12.8 Å². The van der Waals surface area contributed by atoms with Crippen LogP contribution in [0.5, 0.6) is 5.75 Å². The largest absolute Gasteiger partial charge is 0.491 e. The molecule has 0 spiro atoms. The molecule has 1 atom stereocenters. The summed E-state index contributed by atoms with van der Waals surface area (Å²) in [6.07, 6.45) is 2.60. The van der Waals surface area contributed by atoms with Crippen molar-refractivity contribution in [2.75, 3.05) is 25.6 Å². The van der Waals surface area contributed by atoms with Crippen molar-refractivity contribution in [1.82, 2.24) is 0 Å². The van der Waals surface area contributed by atoms with Gasteiger partial charge in [0.15, 0.2) is 0 Å². The number of nitrogens with one attached hydrogen (secondary N) is 1. The molecule has 0 aliphatic heterocycles. The van der Waals surface area contributed by atoms with E-state index in [0.29, 0.717) is 12.0 Å². The van der Waals surface area contributed by atoms with Gasteiger partial charge in [-0.15, -0.1) is 0 Å². The maximum Gasteiger partial charge on any atom is 0.142 e. The van der Waals surface area contributed by atoms with Gasteiger partial charge in [0, 0.05) is 7.11 Å². The smallest absolute Gasteiger partial charge is 0.142 e. The molecule has 0 amide bonds. The Kier molecular flexibility index (Phi) is 5.08. The minimum absolute atomic E-state index is 0.397. The molecule has 1 aromatic carbocycles. The van der Waals surface area contributed by atoms with Gasteiger partial charge in [-0.2, -0.15) is 0 Å². The van der Waals surface area contributed by atoms with E-state index < -0.39 is 0 Å². The van der Waals surface area contributed by atoms with E-state index in [4.69, 9.17) is 9.47 Å². The lowest BCUT2D eigenvalue weighted by atomic mass is 10.1. The molecule has 0 saturated heterocycles. The van der Waals surface area contributed by atoms with E-state index in [1.807, 2.05) is 18.2 Å². The van der Waals surface area contributed by atoms with E-state index in [0.717, 1.165) is 30.6 Å². The predicted octanol–water partition coefficient (Wildman–Crippen LogP) is 3.56. The molecule has 3 heteroatoms. The van der Waals surface area contributed by atoms with Gasteiger partial charge < -0.3 is 14.8 Å². The summed E-state index contributed by atoms with van der Waals surface area (Å²) >= 11 is 0. The Morgan fingerprint density at radius 2 is 1.95 bits per heavy atom. The summed E-state index contributed by atoms with van der Waals surface area (Å²) in [5.41, 5.74) is 1.08. The average Bonchev–Trinajstić information content (AvgIpc) is 3.21. The highest BCUT2D eigenvalue weighted by molar-refractivity contribution is 5.57. The van der Waals surface area contributed by atoms with Crippen molar-refractivity contribution in [2.24, 2.45) is 11.8 Å². The number of ether oxygens (including phenoxy) is 2. The molecule has 1 aliphatic rings. The van der Waals surface area contributed by atoms with Crippen LogP contribution in [0.4, 0.5) is 5.69 Å². The summed E-state index contributed by atoms with van der Waals surface area (Å²) in [6.45, 7) is 5.82. The highest BCUT2D eigenvalue weighted by atomic mass is 16.5. The van der Waals surface area contributed by atoms with Gasteiger partial charge in [0.2, 0.25) is 0 Å². The van der Waals surface area contributed by atoms with Gasteiger partial charge in [-0.3, -0.25) is 0 Å². The molecule has 2 rings (SSSR count). The van der Waals surface area contributed by atoms with Crippen LogP contribution in [0.1, 0.15) is 26.7 Å². The average molecular weight is 263 g/mol. The van der Waals surface area contributed by atoms with Crippen molar-refractivity contribution in [1.29, 1.82) is 0 Å². The number of hydrogen-bond acceptors (Lipinski definition) is 3. The highest BCUT2D eigenvalue weighted by Gasteiger charge is 2.31. The molecule has 19 heavy (non-hydrogen) atoms. The van der Waals surface area contributed by atoms with Crippen molar-refractivity contribution in [2.45, 2.75) is 32.7 Å². The Labute approximate surface area is 116 Å². The monoisotopic (exact) mass is 263 g/mol. The molecule has 1 N–H and O–H groups in total. The maximum atomic E-state index is 5.87. The lowest BCUT2D eigenvalue weighted by Crippen LogP contribution is -2.27. The molecule has 1 saturated carbocycles. The zero-order chi connectivity index (χ0) is 13.7. The van der Waals surface area contributed by atoms with E-state index in [-0.39, 0.29) is 0 Å². The summed E-state index contributed by atoms with van der Waals surface area (Å²) < 4.78 is 11.2. The molecule has 0 bridgehead atoms. The second kappa shape index (κ2) is 6.80. The van der Waals surface area contributed by atoms with Gasteiger partial charge in [-0.05, 0) is 36.8 Å². The second-order valence-corrected chi connectivity index (χ2v) is 5.74. The molecular weight excluding hydrogens is 238 g/mol. The number of rotatable bonds is 8. The summed E-state index contributed by atoms with van der Waals surface area (Å²) in [7, 11) is 1.76. The summed E-state index contributed by atoms with van der Waals surface area (Å²) in [4.78, 5) is 0. The first-order valence-corrected chi connectivity index (χ1v) is 7.18. The third kappa shape index (κ3) is 4.43. The van der Waals surface area contributed by atoms with Gasteiger partial charge in [0.05, 0.1) is 24.9 Å². The number of anilines is 1. The van der Waals surface area contributed by atoms with Crippen molar-refractivity contribution < 1.29 is 9.47 Å². The van der Waals surface area contributed by atoms with Crippen LogP contribution in [-0.4, -0.2) is 26.4 Å². The Morgan fingerprint density at radius 3 is 2.58 bits per heavy atom. The van der Waals surface area contributed by atoms with Gasteiger partial charge in [-0.25, -0.2) is 0 Å². The second-order valence-electron chi connectivity index (χ2n) is 5.74. The maximum absolute atomic E-state index is 5.87. The van der Waals surface area contributed by atoms with Gasteiger partial charge >= 0.3 is 0 Å². The summed E-state index contributed by atoms with van der Waals surface area (Å²) in [6, 6.07) is 8.57. The topological polar surface area (TPSA) is 30.5 Å². The van der Waals surface area contributed by atoms with E-state index in [2.05, 4.69) is 25.2 Å². The molecule has 1 aromatic rings. The Bertz CT molecular complexity index is 388. The zero-order valence-corrected chi connectivity index (χ0v) is 12.2. The lowest BCUT2D eigenvalue weighted by molar-refractivity contribution is 0.179. The normalized spacial score (nSPS) is 16.4. The van der Waals surface area contributed by atoms with Crippen molar-refractivity contribution in [3.8, 4) is 5.75 Å². The van der Waals surface area contributed by atoms with Crippen LogP contribution >= 0.6 is 0 Å². The Hall–Kier alpha value is -1.22. The van der Waals surface area contributed by atoms with Gasteiger partial charge in [0.25, 0.3) is 0 Å². The molecule has 0 heterocycles. The number of benzene rings is 1. The number of methoxy groups -OCH3 is 1. The quantitative estimate of drug-likeness (QED) is 0.778. The van der Waals surface area contributed by atoms with Gasteiger partial charge in [-0.1, -0.05) is 26.0 Å². The summed E-state index contributed by atoms with van der Waals surface area (Å²) in [5, 5.41) is 3.58. The van der Waals surface area contributed by atoms with E-state index in [1.54, 1.807) is 7.11 Å². The lowest BCUT2D eigenvalue weighted by Gasteiger charge is -2.21. The van der Waals surface area contributed by atoms with Crippen LogP contribution in [0, 0.1) is 11.8 Å². The Morgan fingerprint density at radius 1 is 1.21 bits per heavy atom. The number of hydrogen-bond donors (Lipinski definition) is 1. The molecule has 1 fully saturated rings. The first-order chi connectivity index (χ1) is 9.20. The van der Waals surface area contributed by atoms with E-state index in [9.17, 15) is 0 Å².